The van der Waals surface area contributed by atoms with Gasteiger partial charge in [0.2, 0.25) is 10.0 Å². The zero-order chi connectivity index (χ0) is 26.9. The van der Waals surface area contributed by atoms with Crippen molar-refractivity contribution in [2.45, 2.75) is 24.9 Å². The zero-order valence-electron chi connectivity index (χ0n) is 21.8. The summed E-state index contributed by atoms with van der Waals surface area (Å²) in [5.74, 6) is 1.71. The lowest BCUT2D eigenvalue weighted by Gasteiger charge is -2.17. The number of nitrogens with zero attached hydrogens (tertiary/aromatic N) is 7. The van der Waals surface area contributed by atoms with Crippen LogP contribution in [0.3, 0.4) is 0 Å². The molecule has 10 heteroatoms. The highest BCUT2D eigenvalue weighted by Crippen LogP contribution is 2.22. The molecule has 0 spiro atoms. The molecule has 38 heavy (non-hydrogen) atoms. The van der Waals surface area contributed by atoms with Gasteiger partial charge in [-0.2, -0.15) is 4.31 Å². The van der Waals surface area contributed by atoms with Crippen molar-refractivity contribution in [2.24, 2.45) is 0 Å². The van der Waals surface area contributed by atoms with Gasteiger partial charge in [-0.05, 0) is 48.9 Å². The number of sulfonamides is 1. The van der Waals surface area contributed by atoms with Crippen LogP contribution in [-0.4, -0.2) is 58.6 Å². The monoisotopic (exact) mass is 527 g/mol. The van der Waals surface area contributed by atoms with Gasteiger partial charge in [-0.1, -0.05) is 42.0 Å². The first kappa shape index (κ1) is 25.5. The lowest BCUT2D eigenvalue weighted by Crippen LogP contribution is -2.28. The molecule has 0 fully saturated rings. The molecule has 0 saturated carbocycles. The Bertz CT molecular complexity index is 1700. The Hall–Kier alpha value is -4.15. The molecule has 3 aromatic heterocycles. The van der Waals surface area contributed by atoms with Gasteiger partial charge in [-0.15, -0.1) is 5.10 Å². The summed E-state index contributed by atoms with van der Waals surface area (Å²) < 4.78 is 29.6. The van der Waals surface area contributed by atoms with Gasteiger partial charge in [0.05, 0.1) is 23.5 Å². The predicted molar refractivity (Wildman–Crippen MR) is 148 cm³/mol. The first-order valence-corrected chi connectivity index (χ1v) is 13.6. The van der Waals surface area contributed by atoms with Crippen LogP contribution in [0.1, 0.15) is 17.0 Å². The lowest BCUT2D eigenvalue weighted by molar-refractivity contribution is 0.443. The van der Waals surface area contributed by atoms with Gasteiger partial charge >= 0.3 is 0 Å². The molecule has 194 valence electrons. The maximum atomic E-state index is 13.3. The van der Waals surface area contributed by atoms with E-state index in [2.05, 4.69) is 16.0 Å². The minimum Gasteiger partial charge on any atom is -0.363 e. The van der Waals surface area contributed by atoms with E-state index in [4.69, 9.17) is 10.1 Å². The minimum atomic E-state index is -3.73. The second-order valence-corrected chi connectivity index (χ2v) is 11.4. The summed E-state index contributed by atoms with van der Waals surface area (Å²) in [6, 6.07) is 22.4. The smallest absolute Gasteiger partial charge is 0.243 e. The van der Waals surface area contributed by atoms with Gasteiger partial charge in [0.1, 0.15) is 17.3 Å². The number of benzene rings is 2. The van der Waals surface area contributed by atoms with E-state index in [1.165, 1.54) is 4.31 Å². The van der Waals surface area contributed by atoms with E-state index in [1.54, 1.807) is 36.0 Å². The summed E-state index contributed by atoms with van der Waals surface area (Å²) in [6.07, 6.45) is 1.81. The summed E-state index contributed by atoms with van der Waals surface area (Å²) in [5, 5.41) is 5.77. The second-order valence-electron chi connectivity index (χ2n) is 9.40. The van der Waals surface area contributed by atoms with Gasteiger partial charge < -0.3 is 4.90 Å². The van der Waals surface area contributed by atoms with Crippen molar-refractivity contribution >= 4 is 26.7 Å². The summed E-state index contributed by atoms with van der Waals surface area (Å²) in [7, 11) is 1.66. The molecule has 5 rings (SSSR count). The third-order valence-electron chi connectivity index (χ3n) is 6.24. The molecule has 0 amide bonds. The summed E-state index contributed by atoms with van der Waals surface area (Å²) >= 11 is 0. The molecule has 0 atom stereocenters. The van der Waals surface area contributed by atoms with Crippen molar-refractivity contribution < 1.29 is 8.42 Å². The molecule has 2 aromatic carbocycles. The maximum absolute atomic E-state index is 13.3. The number of aryl methyl sites for hydroxylation is 1. The van der Waals surface area contributed by atoms with Crippen molar-refractivity contribution in [3.63, 3.8) is 0 Å². The van der Waals surface area contributed by atoms with E-state index < -0.39 is 10.0 Å². The highest BCUT2D eigenvalue weighted by Gasteiger charge is 2.24. The Morgan fingerprint density at radius 3 is 2.42 bits per heavy atom. The lowest BCUT2D eigenvalue weighted by atomic mass is 10.1. The van der Waals surface area contributed by atoms with Crippen molar-refractivity contribution in [1.82, 2.24) is 29.0 Å². The van der Waals surface area contributed by atoms with Crippen LogP contribution in [0.25, 0.3) is 22.4 Å². The van der Waals surface area contributed by atoms with E-state index in [9.17, 15) is 8.42 Å². The Labute approximate surface area is 222 Å². The topological polar surface area (TPSA) is 97.1 Å². The van der Waals surface area contributed by atoms with E-state index >= 15 is 0 Å². The molecule has 0 saturated heterocycles. The van der Waals surface area contributed by atoms with Gasteiger partial charge in [0.15, 0.2) is 5.82 Å². The van der Waals surface area contributed by atoms with Crippen molar-refractivity contribution in [3.05, 3.63) is 95.9 Å². The largest absolute Gasteiger partial charge is 0.363 e. The molecule has 0 unspecified atom stereocenters. The number of fused-ring (bicyclic) bond motifs is 1. The molecular formula is C28H29N7O2S. The quantitative estimate of drug-likeness (QED) is 0.299. The Balaban J connectivity index is 1.52. The number of para-hydroxylation sites is 1. The average molecular weight is 528 g/mol. The summed E-state index contributed by atoms with van der Waals surface area (Å²) in [4.78, 5) is 16.1. The average Bonchev–Trinajstić information content (AvgIpc) is 3.30. The van der Waals surface area contributed by atoms with Crippen molar-refractivity contribution in [3.8, 4) is 11.5 Å². The first-order valence-electron chi connectivity index (χ1n) is 12.2. The van der Waals surface area contributed by atoms with Crippen LogP contribution >= 0.6 is 0 Å². The third-order valence-corrected chi connectivity index (χ3v) is 8.06. The molecule has 5 aromatic rings. The SMILES string of the molecule is Cc1ccc(S(=O)(=O)N(C)Cc2nc(-c3cccc(N(C)C)n3)nn2Cc2cnc3ccccc3c2)cc1. The fourth-order valence-electron chi connectivity index (χ4n) is 4.07. The molecule has 0 aliphatic rings. The number of hydrogen-bond donors (Lipinski definition) is 0. The van der Waals surface area contributed by atoms with Crippen molar-refractivity contribution in [1.29, 1.82) is 0 Å². The van der Waals surface area contributed by atoms with Gasteiger partial charge in [-0.3, -0.25) is 4.98 Å². The predicted octanol–water partition coefficient (Wildman–Crippen LogP) is 4.13. The number of hydrogen-bond acceptors (Lipinski definition) is 7. The Morgan fingerprint density at radius 2 is 1.66 bits per heavy atom. The van der Waals surface area contributed by atoms with E-state index in [0.717, 1.165) is 27.8 Å². The molecule has 0 aliphatic carbocycles. The molecule has 3 heterocycles. The van der Waals surface area contributed by atoms with Crippen LogP contribution in [-0.2, 0) is 23.1 Å². The molecular weight excluding hydrogens is 498 g/mol. The molecule has 0 bridgehead atoms. The van der Waals surface area contributed by atoms with Gasteiger partial charge in [0, 0.05) is 32.7 Å². The van der Waals surface area contributed by atoms with Crippen molar-refractivity contribution in [2.75, 3.05) is 26.0 Å². The molecule has 9 nitrogen and oxygen atoms in total. The molecule has 0 aliphatic heterocycles. The standard InChI is InChI=1S/C28H29N7O2S/c1-20-12-14-23(15-13-20)38(36,37)34(4)19-27-31-28(25-10-7-11-26(30-25)33(2)3)32-35(27)18-21-16-22-8-5-6-9-24(22)29-17-21/h5-17H,18-19H2,1-4H3. The zero-order valence-corrected chi connectivity index (χ0v) is 22.6. The fraction of sp³-hybridized carbons (Fsp3) is 0.214. The maximum Gasteiger partial charge on any atom is 0.243 e. The number of aromatic nitrogens is 5. The van der Waals surface area contributed by atoms with Crippen LogP contribution < -0.4 is 4.90 Å². The van der Waals surface area contributed by atoms with E-state index in [0.29, 0.717) is 23.9 Å². The summed E-state index contributed by atoms with van der Waals surface area (Å²) in [6.45, 7) is 2.34. The highest BCUT2D eigenvalue weighted by atomic mass is 32.2. The van der Waals surface area contributed by atoms with E-state index in [-0.39, 0.29) is 11.4 Å². The van der Waals surface area contributed by atoms with Gasteiger partial charge in [0.25, 0.3) is 0 Å². The number of pyridine rings is 2. The van der Waals surface area contributed by atoms with E-state index in [1.807, 2.05) is 74.6 Å². The summed E-state index contributed by atoms with van der Waals surface area (Å²) in [5.41, 5.74) is 3.44. The Kier molecular flexibility index (Phi) is 6.92. The third kappa shape index (κ3) is 5.27. The first-order chi connectivity index (χ1) is 18.2. The highest BCUT2D eigenvalue weighted by molar-refractivity contribution is 7.89. The number of anilines is 1. The van der Waals surface area contributed by atoms with Crippen LogP contribution in [0.2, 0.25) is 0 Å². The molecule has 0 radical (unpaired) electrons. The fourth-order valence-corrected chi connectivity index (χ4v) is 5.20. The number of rotatable bonds is 8. The van der Waals surface area contributed by atoms with Crippen LogP contribution in [0, 0.1) is 6.92 Å². The van der Waals surface area contributed by atoms with Gasteiger partial charge in [-0.25, -0.2) is 23.1 Å². The van der Waals surface area contributed by atoms with Crippen LogP contribution in [0.15, 0.2) is 83.9 Å². The second kappa shape index (κ2) is 10.3. The normalized spacial score (nSPS) is 11.8. The minimum absolute atomic E-state index is 0.0393. The van der Waals surface area contributed by atoms with Crippen LogP contribution in [0.5, 0.6) is 0 Å². The Morgan fingerprint density at radius 1 is 0.895 bits per heavy atom. The van der Waals surface area contributed by atoms with Crippen LogP contribution in [0.4, 0.5) is 5.82 Å². The molecule has 0 N–H and O–H groups in total.